The lowest BCUT2D eigenvalue weighted by atomic mass is 9.97. The van der Waals surface area contributed by atoms with Crippen molar-refractivity contribution in [3.63, 3.8) is 0 Å². The number of fused-ring (bicyclic) bond motifs is 13. The van der Waals surface area contributed by atoms with Crippen LogP contribution in [-0.4, -0.2) is 0 Å². The SMILES string of the molecule is Brc1ccc(-c2ccc3c(c2)sc2ccccc23)c2ccccc12.Brc1ccc(-c2ccc3c(c2)sc2ccccc23)cc1.Brc1ccc(-c2ccc3sc4ccccc4c3c2)cc1.Brc1ccc(-c2cccc(-c3cccc4c3sc3ccccc34)c2)cc1. The average molecular weight is 1480 g/mol. The lowest BCUT2D eigenvalue weighted by Gasteiger charge is -2.09. The van der Waals surface area contributed by atoms with Gasteiger partial charge in [0, 0.05) is 98.6 Å². The molecular weight excluding hydrogens is 1430 g/mol. The van der Waals surface area contributed by atoms with Gasteiger partial charge in [-0.1, -0.05) is 270 Å². The molecule has 0 aliphatic carbocycles. The first kappa shape index (κ1) is 58.5. The molecule has 0 N–H and O–H groups in total. The summed E-state index contributed by atoms with van der Waals surface area (Å²) in [7, 11) is 0. The molecule has 0 nitrogen and oxygen atoms in total. The van der Waals surface area contributed by atoms with Crippen molar-refractivity contribution >= 4 is 201 Å². The summed E-state index contributed by atoms with van der Waals surface area (Å²) in [5.74, 6) is 0. The van der Waals surface area contributed by atoms with Crippen molar-refractivity contribution in [2.24, 2.45) is 0 Å². The summed E-state index contributed by atoms with van der Waals surface area (Å²) in [4.78, 5) is 0. The Labute approximate surface area is 571 Å². The van der Waals surface area contributed by atoms with Crippen molar-refractivity contribution in [1.82, 2.24) is 0 Å². The fourth-order valence-corrected chi connectivity index (χ4v) is 17.9. The lowest BCUT2D eigenvalue weighted by molar-refractivity contribution is 1.59. The van der Waals surface area contributed by atoms with Gasteiger partial charge in [-0.2, -0.15) is 0 Å². The van der Waals surface area contributed by atoms with E-state index in [0.717, 1.165) is 17.9 Å². The standard InChI is InChI=1S/C24H15BrS.C22H13BrS.2C18H11BrS/c25-19-13-11-16(12-14-19)17-5-3-6-18(15-17)20-8-4-9-22-21-7-1-2-10-23(21)26-24(20)22;23-20-12-11-15(16-5-1-2-6-17(16)20)14-9-10-19-18-7-3-4-8-21(18)24-22(19)13-14;19-14-8-5-12(6-9-14)13-7-10-18-16(11-13)15-3-1-2-4-17(15)20-18;19-14-8-5-12(6-9-14)13-7-10-16-15-3-1-2-4-17(15)20-18(16)11-13/h1-15H;1-13H;2*1-11H. The summed E-state index contributed by atoms with van der Waals surface area (Å²) in [6, 6.07) is 109. The van der Waals surface area contributed by atoms with Crippen LogP contribution in [0.3, 0.4) is 0 Å². The minimum absolute atomic E-state index is 1.10. The minimum Gasteiger partial charge on any atom is -0.135 e. The van der Waals surface area contributed by atoms with E-state index in [1.807, 2.05) is 45.3 Å². The normalized spacial score (nSPS) is 11.3. The predicted octanol–water partition coefficient (Wildman–Crippen LogP) is 28.8. The van der Waals surface area contributed by atoms with Gasteiger partial charge in [-0.05, 0) is 163 Å². The molecule has 0 saturated carbocycles. The van der Waals surface area contributed by atoms with Gasteiger partial charge in [0.1, 0.15) is 0 Å². The van der Waals surface area contributed by atoms with E-state index in [2.05, 4.69) is 367 Å². The number of hydrogen-bond acceptors (Lipinski definition) is 4. The Hall–Kier alpha value is -7.86. The fraction of sp³-hybridized carbons (Fsp3) is 0. The Balaban J connectivity index is 0.000000101. The second-order valence-corrected chi connectivity index (χ2v) is 29.9. The summed E-state index contributed by atoms with van der Waals surface area (Å²) >= 11 is 21.6. The van der Waals surface area contributed by atoms with Crippen LogP contribution in [0.2, 0.25) is 0 Å². The Kier molecular flexibility index (Phi) is 16.8. The topological polar surface area (TPSA) is 0 Å². The molecule has 8 heteroatoms. The first-order valence-electron chi connectivity index (χ1n) is 29.4. The largest absolute Gasteiger partial charge is 0.135 e. The lowest BCUT2D eigenvalue weighted by Crippen LogP contribution is -1.82. The first-order valence-corrected chi connectivity index (χ1v) is 35.9. The highest BCUT2D eigenvalue weighted by atomic mass is 79.9. The van der Waals surface area contributed by atoms with Crippen LogP contribution in [0.1, 0.15) is 0 Å². The number of hydrogen-bond donors (Lipinski definition) is 0. The fourth-order valence-electron chi connectivity index (χ4n) is 12.0. The second kappa shape index (κ2) is 25.8. The Morgan fingerprint density at radius 3 is 1.10 bits per heavy atom. The summed E-state index contributed by atoms with van der Waals surface area (Å²) in [5.41, 5.74) is 12.7. The van der Waals surface area contributed by atoms with E-state index in [1.165, 1.54) is 147 Å². The molecule has 0 amide bonds. The zero-order chi connectivity index (χ0) is 60.7. The molecule has 0 fully saturated rings. The minimum atomic E-state index is 1.10. The van der Waals surface area contributed by atoms with Crippen LogP contribution in [0.25, 0.3) is 147 Å². The van der Waals surface area contributed by atoms with E-state index in [-0.39, 0.29) is 0 Å². The van der Waals surface area contributed by atoms with Gasteiger partial charge in [0.15, 0.2) is 0 Å². The first-order chi connectivity index (χ1) is 44.2. The van der Waals surface area contributed by atoms with Crippen LogP contribution in [0, 0.1) is 0 Å². The third-order valence-corrected chi connectivity index (χ3v) is 23.3. The molecule has 18 aromatic rings. The third kappa shape index (κ3) is 11.9. The van der Waals surface area contributed by atoms with E-state index in [9.17, 15) is 0 Å². The van der Waals surface area contributed by atoms with Gasteiger partial charge in [-0.25, -0.2) is 0 Å². The molecule has 4 aromatic heterocycles. The zero-order valence-electron chi connectivity index (χ0n) is 48.0. The number of thiophene rings is 4. The van der Waals surface area contributed by atoms with Gasteiger partial charge in [-0.3, -0.25) is 0 Å². The van der Waals surface area contributed by atoms with Crippen molar-refractivity contribution in [3.8, 4) is 55.6 Å². The van der Waals surface area contributed by atoms with Crippen LogP contribution in [-0.2, 0) is 0 Å². The van der Waals surface area contributed by atoms with Gasteiger partial charge in [0.25, 0.3) is 0 Å². The molecule has 90 heavy (non-hydrogen) atoms. The third-order valence-electron chi connectivity index (χ3n) is 16.4. The predicted molar refractivity (Wildman–Crippen MR) is 413 cm³/mol. The van der Waals surface area contributed by atoms with Crippen molar-refractivity contribution in [1.29, 1.82) is 0 Å². The maximum absolute atomic E-state index is 3.67. The van der Waals surface area contributed by atoms with E-state index in [1.54, 1.807) is 0 Å². The average Bonchev–Trinajstić information content (AvgIpc) is 3.96. The summed E-state index contributed by atoms with van der Waals surface area (Å²) in [6.45, 7) is 0. The number of rotatable bonds is 5. The van der Waals surface area contributed by atoms with Crippen molar-refractivity contribution in [3.05, 3.63) is 321 Å². The molecule has 0 unspecified atom stereocenters. The summed E-state index contributed by atoms with van der Waals surface area (Å²) in [6.07, 6.45) is 0. The van der Waals surface area contributed by atoms with Crippen LogP contribution in [0.15, 0.2) is 321 Å². The van der Waals surface area contributed by atoms with Crippen LogP contribution in [0.4, 0.5) is 0 Å². The smallest absolute Gasteiger partial charge is 0.0433 e. The van der Waals surface area contributed by atoms with Gasteiger partial charge in [0.05, 0.1) is 0 Å². The molecule has 0 bridgehead atoms. The maximum atomic E-state index is 3.67. The quantitative estimate of drug-likeness (QED) is 0.161. The zero-order valence-corrected chi connectivity index (χ0v) is 57.6. The molecular formula is C82H50Br4S4. The second-order valence-electron chi connectivity index (χ2n) is 21.9. The van der Waals surface area contributed by atoms with Crippen LogP contribution in [0.5, 0.6) is 0 Å². The van der Waals surface area contributed by atoms with E-state index < -0.39 is 0 Å². The van der Waals surface area contributed by atoms with Crippen molar-refractivity contribution in [2.75, 3.05) is 0 Å². The molecule has 4 heterocycles. The van der Waals surface area contributed by atoms with Gasteiger partial charge < -0.3 is 0 Å². The van der Waals surface area contributed by atoms with E-state index >= 15 is 0 Å². The van der Waals surface area contributed by atoms with Gasteiger partial charge in [0.2, 0.25) is 0 Å². The van der Waals surface area contributed by atoms with Gasteiger partial charge >= 0.3 is 0 Å². The Bertz CT molecular complexity index is 5650. The Morgan fingerprint density at radius 1 is 0.178 bits per heavy atom. The van der Waals surface area contributed by atoms with E-state index in [0.29, 0.717) is 0 Å². The summed E-state index contributed by atoms with van der Waals surface area (Å²) < 4.78 is 15.3. The number of benzene rings is 14. The van der Waals surface area contributed by atoms with Crippen molar-refractivity contribution in [2.45, 2.75) is 0 Å². The maximum Gasteiger partial charge on any atom is 0.0433 e. The summed E-state index contributed by atoms with van der Waals surface area (Å²) in [5, 5.41) is 13.3. The highest BCUT2D eigenvalue weighted by Gasteiger charge is 2.14. The highest BCUT2D eigenvalue weighted by Crippen LogP contribution is 2.43. The highest BCUT2D eigenvalue weighted by molar-refractivity contribution is 9.11. The molecule has 0 radical (unpaired) electrons. The van der Waals surface area contributed by atoms with Crippen molar-refractivity contribution < 1.29 is 0 Å². The molecule has 18 rings (SSSR count). The monoisotopic (exact) mass is 1480 g/mol. The Morgan fingerprint density at radius 2 is 0.533 bits per heavy atom. The molecule has 0 atom stereocenters. The van der Waals surface area contributed by atoms with Crippen LogP contribution < -0.4 is 0 Å². The molecule has 0 saturated heterocycles. The molecule has 430 valence electrons. The molecule has 0 aliphatic heterocycles. The molecule has 14 aromatic carbocycles. The molecule has 0 spiro atoms. The number of halogens is 4. The van der Waals surface area contributed by atoms with Gasteiger partial charge in [-0.15, -0.1) is 45.3 Å². The van der Waals surface area contributed by atoms with E-state index in [4.69, 9.17) is 0 Å². The molecule has 0 aliphatic rings. The van der Waals surface area contributed by atoms with Crippen LogP contribution >= 0.6 is 109 Å².